The molecule has 0 fully saturated rings. The van der Waals surface area contributed by atoms with Gasteiger partial charge in [0, 0.05) is 46.2 Å². The maximum atomic E-state index is 14.5. The van der Waals surface area contributed by atoms with E-state index in [1.807, 2.05) is 6.92 Å². The number of unbranched alkanes of at least 4 members (excludes halogenated alkanes) is 1. The lowest BCUT2D eigenvalue weighted by Gasteiger charge is -2.38. The summed E-state index contributed by atoms with van der Waals surface area (Å²) in [6.07, 6.45) is 2.21. The van der Waals surface area contributed by atoms with Crippen molar-refractivity contribution in [1.82, 2.24) is 10.6 Å². The van der Waals surface area contributed by atoms with Crippen molar-refractivity contribution in [3.8, 4) is 0 Å². The lowest BCUT2D eigenvalue weighted by atomic mass is 10.1. The van der Waals surface area contributed by atoms with Gasteiger partial charge in [-0.05, 0) is 97.2 Å². The monoisotopic (exact) mass is 784 g/mol. The molecule has 2 unspecified atom stereocenters. The zero-order valence-corrected chi connectivity index (χ0v) is 33.1. The predicted molar refractivity (Wildman–Crippen MR) is 207 cm³/mol. The van der Waals surface area contributed by atoms with Gasteiger partial charge in [-0.2, -0.15) is 0 Å². The van der Waals surface area contributed by atoms with Gasteiger partial charge in [-0.3, -0.25) is 9.59 Å². The second kappa shape index (κ2) is 35.7. The van der Waals surface area contributed by atoms with E-state index in [1.165, 1.54) is 0 Å². The lowest BCUT2D eigenvalue weighted by Crippen LogP contribution is -2.65. The minimum atomic E-state index is -1.50. The Morgan fingerprint density at radius 3 is 1.02 bits per heavy atom. The minimum Gasteiger partial charge on any atom is -0.376 e. The Morgan fingerprint density at radius 2 is 0.722 bits per heavy atom. The van der Waals surface area contributed by atoms with Gasteiger partial charge in [-0.25, -0.2) is 0 Å². The summed E-state index contributed by atoms with van der Waals surface area (Å²) in [5, 5.41) is 5.90. The van der Waals surface area contributed by atoms with Crippen LogP contribution in [0.3, 0.4) is 0 Å². The number of nitrogens with one attached hydrogen (secondary N) is 2. The second-order valence-electron chi connectivity index (χ2n) is 12.8. The van der Waals surface area contributed by atoms with Crippen LogP contribution in [0, 0.1) is 0 Å². The van der Waals surface area contributed by atoms with E-state index in [0.717, 1.165) is 6.42 Å². The molecule has 0 aliphatic rings. The fourth-order valence-electron chi connectivity index (χ4n) is 4.70. The van der Waals surface area contributed by atoms with Gasteiger partial charge in [0.25, 0.3) is 11.8 Å². The molecule has 0 bridgehead atoms. The van der Waals surface area contributed by atoms with Crippen LogP contribution >= 0.6 is 0 Å². The van der Waals surface area contributed by atoms with Crippen molar-refractivity contribution in [2.45, 2.75) is 88.4 Å². The van der Waals surface area contributed by atoms with Crippen LogP contribution in [0.1, 0.15) is 64.7 Å². The molecule has 0 rings (SSSR count). The molecule has 2 amide bonds. The van der Waals surface area contributed by atoms with Crippen molar-refractivity contribution in [3.05, 3.63) is 0 Å². The molecule has 0 spiro atoms. The maximum absolute atomic E-state index is 14.5. The topological polar surface area (TPSA) is 314 Å². The first kappa shape index (κ1) is 52.3. The summed E-state index contributed by atoms with van der Waals surface area (Å²) in [5.74, 6) is -1.41. The number of amides is 2. The van der Waals surface area contributed by atoms with Crippen molar-refractivity contribution >= 4 is 11.8 Å². The standard InChI is InChI=1S/C35H77N9O10/c1-2-3-24-53-34(26-47-18-4-11-36,27-48-19-5-12-37)43-32(45)30(51-22-8-15-40)31(52-23-9-16-41)33(46)44-35(54-25-10-17-42,28-49-20-6-13-38)29-50-21-7-14-39/h30-31H,2-29,36-42H2,1H3,(H,43,45)(H,44,46). The molecule has 322 valence electrons. The highest BCUT2D eigenvalue weighted by Crippen LogP contribution is 2.18. The molecule has 19 nitrogen and oxygen atoms in total. The molecule has 16 N–H and O–H groups in total. The third kappa shape index (κ3) is 24.8. The van der Waals surface area contributed by atoms with Crippen molar-refractivity contribution in [2.24, 2.45) is 40.1 Å². The third-order valence-corrected chi connectivity index (χ3v) is 7.70. The van der Waals surface area contributed by atoms with Crippen LogP contribution in [0.25, 0.3) is 0 Å². The molecular formula is C35H77N9O10. The normalized spacial score (nSPS) is 13.3. The molecule has 0 aliphatic carbocycles. The van der Waals surface area contributed by atoms with Crippen molar-refractivity contribution in [2.75, 3.05) is 125 Å². The molecule has 54 heavy (non-hydrogen) atoms. The Kier molecular flexibility index (Phi) is 34.6. The average Bonchev–Trinajstić information content (AvgIpc) is 3.16. The zero-order chi connectivity index (χ0) is 40.2. The highest BCUT2D eigenvalue weighted by atomic mass is 16.6. The summed E-state index contributed by atoms with van der Waals surface area (Å²) in [7, 11) is 0. The highest BCUT2D eigenvalue weighted by molar-refractivity contribution is 5.91. The fraction of sp³-hybridized carbons (Fsp3) is 0.943. The van der Waals surface area contributed by atoms with Gasteiger partial charge in [0.05, 0.1) is 33.0 Å². The fourth-order valence-corrected chi connectivity index (χ4v) is 4.70. The number of nitrogens with two attached hydrogens (primary N) is 7. The van der Waals surface area contributed by atoms with E-state index < -0.39 is 35.5 Å². The van der Waals surface area contributed by atoms with Crippen LogP contribution in [0.4, 0.5) is 0 Å². The first-order valence-electron chi connectivity index (χ1n) is 19.6. The SMILES string of the molecule is CCCCOC(COCCCN)(COCCCN)NC(=O)C(OCCCN)C(OCCCN)C(=O)NC(COCCCN)(COCCCN)OCCCN. The molecular weight excluding hydrogens is 706 g/mol. The van der Waals surface area contributed by atoms with E-state index >= 15 is 0 Å². The Balaban J connectivity index is 6.91. The third-order valence-electron chi connectivity index (χ3n) is 7.70. The summed E-state index contributed by atoms with van der Waals surface area (Å²) in [5.41, 5.74) is 37.2. The molecule has 0 aromatic carbocycles. The summed E-state index contributed by atoms with van der Waals surface area (Å²) >= 11 is 0. The maximum Gasteiger partial charge on any atom is 0.254 e. The van der Waals surface area contributed by atoms with Crippen LogP contribution in [0.5, 0.6) is 0 Å². The van der Waals surface area contributed by atoms with Crippen molar-refractivity contribution in [3.63, 3.8) is 0 Å². The zero-order valence-electron chi connectivity index (χ0n) is 33.1. The number of carbonyl (C=O) groups excluding carboxylic acids is 2. The first-order valence-corrected chi connectivity index (χ1v) is 19.6. The number of hydrogen-bond acceptors (Lipinski definition) is 17. The van der Waals surface area contributed by atoms with Gasteiger partial charge in [-0.1, -0.05) is 13.3 Å². The first-order chi connectivity index (χ1) is 26.3. The summed E-state index contributed by atoms with van der Waals surface area (Å²) in [6.45, 7) is 6.11. The molecule has 0 aliphatic heterocycles. The quantitative estimate of drug-likeness (QED) is 0.0233. The smallest absolute Gasteiger partial charge is 0.254 e. The van der Waals surface area contributed by atoms with Crippen LogP contribution < -0.4 is 50.8 Å². The largest absolute Gasteiger partial charge is 0.376 e. The number of hydrogen-bond donors (Lipinski definition) is 9. The number of rotatable bonds is 41. The van der Waals surface area contributed by atoms with Gasteiger partial charge in [-0.15, -0.1) is 0 Å². The van der Waals surface area contributed by atoms with Gasteiger partial charge in [0.2, 0.25) is 0 Å². The lowest BCUT2D eigenvalue weighted by molar-refractivity contribution is -0.186. The summed E-state index contributed by atoms with van der Waals surface area (Å²) in [4.78, 5) is 29.0. The molecule has 0 radical (unpaired) electrons. The van der Waals surface area contributed by atoms with E-state index in [9.17, 15) is 9.59 Å². The van der Waals surface area contributed by atoms with Crippen LogP contribution in [-0.2, 0) is 47.5 Å². The van der Waals surface area contributed by atoms with Crippen LogP contribution in [0.2, 0.25) is 0 Å². The van der Waals surface area contributed by atoms with E-state index in [4.69, 9.17) is 78.0 Å². The predicted octanol–water partition coefficient (Wildman–Crippen LogP) is -2.28. The van der Waals surface area contributed by atoms with Gasteiger partial charge in [0.15, 0.2) is 23.7 Å². The molecule has 0 aromatic heterocycles. The van der Waals surface area contributed by atoms with E-state index in [2.05, 4.69) is 10.6 Å². The molecule has 0 saturated heterocycles. The Hall–Kier alpha value is -1.66. The van der Waals surface area contributed by atoms with Gasteiger partial charge < -0.3 is 88.7 Å². The highest BCUT2D eigenvalue weighted by Gasteiger charge is 2.44. The molecule has 0 heterocycles. The molecule has 0 saturated carbocycles. The number of ether oxygens (including phenoxy) is 8. The van der Waals surface area contributed by atoms with Crippen molar-refractivity contribution < 1.29 is 47.5 Å². The average molecular weight is 784 g/mol. The second-order valence-corrected chi connectivity index (χ2v) is 12.8. The van der Waals surface area contributed by atoms with E-state index in [1.54, 1.807) is 0 Å². The van der Waals surface area contributed by atoms with Gasteiger partial charge >= 0.3 is 0 Å². The van der Waals surface area contributed by atoms with Crippen LogP contribution in [-0.4, -0.2) is 161 Å². The van der Waals surface area contributed by atoms with E-state index in [0.29, 0.717) is 117 Å². The summed E-state index contributed by atoms with van der Waals surface area (Å²) < 4.78 is 48.5. The van der Waals surface area contributed by atoms with E-state index in [-0.39, 0.29) is 59.3 Å². The molecule has 19 heteroatoms. The van der Waals surface area contributed by atoms with Crippen LogP contribution in [0.15, 0.2) is 0 Å². The Morgan fingerprint density at radius 1 is 0.444 bits per heavy atom. The molecule has 0 aromatic rings. The summed E-state index contributed by atoms with van der Waals surface area (Å²) in [6, 6.07) is 0. The molecule has 2 atom stereocenters. The number of carbonyl (C=O) groups is 2. The Labute approximate surface area is 323 Å². The van der Waals surface area contributed by atoms with Gasteiger partial charge in [0.1, 0.15) is 0 Å². The minimum absolute atomic E-state index is 0.0438. The van der Waals surface area contributed by atoms with Crippen molar-refractivity contribution in [1.29, 1.82) is 0 Å². The Bertz CT molecular complexity index is 793.